The SMILES string of the molecule is COc1cc(CNC2CCC(CO)CC2)ccc1OC(F)F. The van der Waals surface area contributed by atoms with E-state index in [1.54, 1.807) is 12.1 Å². The highest BCUT2D eigenvalue weighted by Crippen LogP contribution is 2.30. The summed E-state index contributed by atoms with van der Waals surface area (Å²) < 4.78 is 34.1. The fourth-order valence-electron chi connectivity index (χ4n) is 2.83. The van der Waals surface area contributed by atoms with Crippen LogP contribution in [-0.4, -0.2) is 31.5 Å². The van der Waals surface area contributed by atoms with Gasteiger partial charge in [-0.15, -0.1) is 0 Å². The van der Waals surface area contributed by atoms with Gasteiger partial charge in [0, 0.05) is 19.2 Å². The van der Waals surface area contributed by atoms with Crippen molar-refractivity contribution in [2.45, 2.75) is 44.9 Å². The van der Waals surface area contributed by atoms with Crippen LogP contribution < -0.4 is 14.8 Å². The van der Waals surface area contributed by atoms with E-state index >= 15 is 0 Å². The summed E-state index contributed by atoms with van der Waals surface area (Å²) in [7, 11) is 1.43. The van der Waals surface area contributed by atoms with Crippen molar-refractivity contribution < 1.29 is 23.4 Å². The lowest BCUT2D eigenvalue weighted by molar-refractivity contribution is -0.0512. The van der Waals surface area contributed by atoms with Crippen molar-refractivity contribution in [1.82, 2.24) is 5.32 Å². The van der Waals surface area contributed by atoms with Crippen LogP contribution in [0.3, 0.4) is 0 Å². The number of aliphatic hydroxyl groups excluding tert-OH is 1. The van der Waals surface area contributed by atoms with Gasteiger partial charge in [0.2, 0.25) is 0 Å². The lowest BCUT2D eigenvalue weighted by Crippen LogP contribution is -2.33. The maximum Gasteiger partial charge on any atom is 0.387 e. The number of alkyl halides is 2. The molecule has 1 aromatic carbocycles. The van der Waals surface area contributed by atoms with E-state index in [9.17, 15) is 8.78 Å². The van der Waals surface area contributed by atoms with Crippen molar-refractivity contribution in [3.05, 3.63) is 23.8 Å². The van der Waals surface area contributed by atoms with Crippen molar-refractivity contribution in [2.24, 2.45) is 5.92 Å². The van der Waals surface area contributed by atoms with Gasteiger partial charge >= 0.3 is 6.61 Å². The fraction of sp³-hybridized carbons (Fsp3) is 0.625. The topological polar surface area (TPSA) is 50.7 Å². The van der Waals surface area contributed by atoms with Crippen LogP contribution in [0.4, 0.5) is 8.78 Å². The standard InChI is InChI=1S/C16H23F2NO3/c1-21-15-8-12(4-7-14(15)22-16(17)18)9-19-13-5-2-11(10-20)3-6-13/h4,7-8,11,13,16,19-20H,2-3,5-6,9-10H2,1H3. The highest BCUT2D eigenvalue weighted by atomic mass is 19.3. The molecule has 1 aliphatic carbocycles. The zero-order chi connectivity index (χ0) is 15.9. The first-order valence-corrected chi connectivity index (χ1v) is 7.58. The Morgan fingerprint density at radius 1 is 1.23 bits per heavy atom. The second-order valence-corrected chi connectivity index (χ2v) is 5.64. The molecule has 0 spiro atoms. The van der Waals surface area contributed by atoms with Gasteiger partial charge in [0.15, 0.2) is 11.5 Å². The molecule has 0 bridgehead atoms. The lowest BCUT2D eigenvalue weighted by atomic mass is 9.86. The van der Waals surface area contributed by atoms with E-state index in [4.69, 9.17) is 9.84 Å². The molecule has 1 fully saturated rings. The Morgan fingerprint density at radius 3 is 2.55 bits per heavy atom. The van der Waals surface area contributed by atoms with Crippen LogP contribution in [0.15, 0.2) is 18.2 Å². The quantitative estimate of drug-likeness (QED) is 0.812. The van der Waals surface area contributed by atoms with E-state index in [0.717, 1.165) is 31.2 Å². The molecule has 1 aliphatic rings. The van der Waals surface area contributed by atoms with Crippen LogP contribution in [-0.2, 0) is 6.54 Å². The van der Waals surface area contributed by atoms with Crippen LogP contribution >= 0.6 is 0 Å². The molecule has 1 aromatic rings. The maximum atomic E-state index is 12.3. The molecular weight excluding hydrogens is 292 g/mol. The molecule has 0 atom stereocenters. The number of ether oxygens (including phenoxy) is 2. The van der Waals surface area contributed by atoms with E-state index in [1.165, 1.54) is 13.2 Å². The number of hydrogen-bond acceptors (Lipinski definition) is 4. The van der Waals surface area contributed by atoms with Gasteiger partial charge in [-0.05, 0) is 49.3 Å². The summed E-state index contributed by atoms with van der Waals surface area (Å²) in [5.74, 6) is 0.789. The zero-order valence-electron chi connectivity index (χ0n) is 12.7. The van der Waals surface area contributed by atoms with E-state index in [-0.39, 0.29) is 12.4 Å². The summed E-state index contributed by atoms with van der Waals surface area (Å²) in [5.41, 5.74) is 0.961. The van der Waals surface area contributed by atoms with Gasteiger partial charge in [-0.25, -0.2) is 0 Å². The number of rotatable bonds is 7. The number of halogens is 2. The smallest absolute Gasteiger partial charge is 0.387 e. The number of methoxy groups -OCH3 is 1. The average Bonchev–Trinajstić information content (AvgIpc) is 2.54. The highest BCUT2D eigenvalue weighted by molar-refractivity contribution is 5.43. The molecule has 22 heavy (non-hydrogen) atoms. The number of hydrogen-bond donors (Lipinski definition) is 2. The Hall–Kier alpha value is -1.40. The molecular formula is C16H23F2NO3. The third-order valence-electron chi connectivity index (χ3n) is 4.14. The van der Waals surface area contributed by atoms with Crippen molar-refractivity contribution in [3.63, 3.8) is 0 Å². The van der Waals surface area contributed by atoms with E-state index in [0.29, 0.717) is 24.3 Å². The second-order valence-electron chi connectivity index (χ2n) is 5.64. The lowest BCUT2D eigenvalue weighted by Gasteiger charge is -2.28. The summed E-state index contributed by atoms with van der Waals surface area (Å²) in [6, 6.07) is 5.41. The molecule has 124 valence electrons. The Labute approximate surface area is 129 Å². The Morgan fingerprint density at radius 2 is 1.95 bits per heavy atom. The molecule has 0 aliphatic heterocycles. The molecule has 0 heterocycles. The Bertz CT molecular complexity index is 463. The summed E-state index contributed by atoms with van der Waals surface area (Å²) in [6.45, 7) is -1.94. The number of nitrogens with one attached hydrogen (secondary N) is 1. The van der Waals surface area contributed by atoms with Crippen LogP contribution in [0.5, 0.6) is 11.5 Å². The average molecular weight is 315 g/mol. The van der Waals surface area contributed by atoms with Gasteiger partial charge in [-0.2, -0.15) is 8.78 Å². The van der Waals surface area contributed by atoms with Crippen LogP contribution in [0.1, 0.15) is 31.2 Å². The Kier molecular flexibility index (Phi) is 6.39. The van der Waals surface area contributed by atoms with Gasteiger partial charge in [-0.3, -0.25) is 0 Å². The molecule has 6 heteroatoms. The van der Waals surface area contributed by atoms with Gasteiger partial charge in [0.1, 0.15) is 0 Å². The molecule has 0 saturated heterocycles. The number of aliphatic hydroxyl groups is 1. The maximum absolute atomic E-state index is 12.3. The van der Waals surface area contributed by atoms with Crippen molar-refractivity contribution in [2.75, 3.05) is 13.7 Å². The first-order valence-electron chi connectivity index (χ1n) is 7.58. The van der Waals surface area contributed by atoms with Crippen molar-refractivity contribution >= 4 is 0 Å². The third kappa shape index (κ3) is 4.81. The van der Waals surface area contributed by atoms with Gasteiger partial charge < -0.3 is 19.9 Å². The van der Waals surface area contributed by atoms with Crippen LogP contribution in [0, 0.1) is 5.92 Å². The molecule has 0 unspecified atom stereocenters. The largest absolute Gasteiger partial charge is 0.493 e. The predicted molar refractivity (Wildman–Crippen MR) is 79.3 cm³/mol. The third-order valence-corrected chi connectivity index (χ3v) is 4.14. The van der Waals surface area contributed by atoms with E-state index in [1.807, 2.05) is 0 Å². The molecule has 0 amide bonds. The van der Waals surface area contributed by atoms with Gasteiger partial charge in [-0.1, -0.05) is 6.07 Å². The molecule has 4 nitrogen and oxygen atoms in total. The molecule has 2 N–H and O–H groups in total. The predicted octanol–water partition coefficient (Wildman–Crippen LogP) is 2.94. The number of benzene rings is 1. The zero-order valence-corrected chi connectivity index (χ0v) is 12.7. The van der Waals surface area contributed by atoms with Crippen LogP contribution in [0.2, 0.25) is 0 Å². The summed E-state index contributed by atoms with van der Waals surface area (Å²) in [5, 5.41) is 12.6. The summed E-state index contributed by atoms with van der Waals surface area (Å²) >= 11 is 0. The summed E-state index contributed by atoms with van der Waals surface area (Å²) in [6.07, 6.45) is 4.18. The first-order chi connectivity index (χ1) is 10.6. The highest BCUT2D eigenvalue weighted by Gasteiger charge is 2.20. The fourth-order valence-corrected chi connectivity index (χ4v) is 2.83. The second kappa shape index (κ2) is 8.29. The molecule has 0 radical (unpaired) electrons. The summed E-state index contributed by atoms with van der Waals surface area (Å²) in [4.78, 5) is 0. The minimum absolute atomic E-state index is 0.0460. The van der Waals surface area contributed by atoms with E-state index in [2.05, 4.69) is 10.1 Å². The van der Waals surface area contributed by atoms with Crippen LogP contribution in [0.25, 0.3) is 0 Å². The first kappa shape index (κ1) is 17.0. The Balaban J connectivity index is 1.88. The molecule has 2 rings (SSSR count). The monoisotopic (exact) mass is 315 g/mol. The van der Waals surface area contributed by atoms with Crippen molar-refractivity contribution in [1.29, 1.82) is 0 Å². The normalized spacial score (nSPS) is 21.9. The molecule has 1 saturated carbocycles. The van der Waals surface area contributed by atoms with Gasteiger partial charge in [0.25, 0.3) is 0 Å². The van der Waals surface area contributed by atoms with Crippen molar-refractivity contribution in [3.8, 4) is 11.5 Å². The minimum Gasteiger partial charge on any atom is -0.493 e. The molecule has 0 aromatic heterocycles. The minimum atomic E-state index is -2.86. The van der Waals surface area contributed by atoms with E-state index < -0.39 is 6.61 Å². The van der Waals surface area contributed by atoms with Gasteiger partial charge in [0.05, 0.1) is 7.11 Å².